The molecule has 0 heterocycles. The minimum Gasteiger partial charge on any atom is -0.303 e. The summed E-state index contributed by atoms with van der Waals surface area (Å²) in [7, 11) is 4.20. The molecule has 0 bridgehead atoms. The second-order valence-corrected chi connectivity index (χ2v) is 3.63. The van der Waals surface area contributed by atoms with Crippen LogP contribution in [0.5, 0.6) is 0 Å². The number of rotatable bonds is 3. The van der Waals surface area contributed by atoms with Gasteiger partial charge in [0.15, 0.2) is 0 Å². The molecule has 0 aliphatic carbocycles. The normalized spacial score (nSPS) is 13.3. The van der Waals surface area contributed by atoms with Crippen LogP contribution in [0.3, 0.4) is 0 Å². The number of hydrogen-bond acceptors (Lipinski definition) is 1. The van der Waals surface area contributed by atoms with Gasteiger partial charge in [0.25, 0.3) is 0 Å². The maximum atomic E-state index is 3.89. The van der Waals surface area contributed by atoms with E-state index in [9.17, 15) is 0 Å². The highest BCUT2D eigenvalue weighted by Gasteiger charge is 2.06. The van der Waals surface area contributed by atoms with E-state index in [1.54, 1.807) is 0 Å². The van der Waals surface area contributed by atoms with Gasteiger partial charge in [0, 0.05) is 6.04 Å². The van der Waals surface area contributed by atoms with Gasteiger partial charge in [-0.15, -0.1) is 0 Å². The van der Waals surface area contributed by atoms with Gasteiger partial charge in [-0.1, -0.05) is 24.3 Å². The fourth-order valence-corrected chi connectivity index (χ4v) is 1.31. The smallest absolute Gasteiger partial charge is 0.0313 e. The number of nitrogens with zero attached hydrogens (tertiary/aromatic N) is 1. The Morgan fingerprint density at radius 2 is 2.08 bits per heavy atom. The van der Waals surface area contributed by atoms with Gasteiger partial charge in [0.1, 0.15) is 0 Å². The van der Waals surface area contributed by atoms with Crippen molar-refractivity contribution < 1.29 is 0 Å². The topological polar surface area (TPSA) is 3.24 Å². The number of benzene rings is 1. The SMILES string of the molecule is [CH2]Cc1cccc([C@H](C)N(C)C)c1. The molecule has 0 saturated carbocycles. The Labute approximate surface area is 81.4 Å². The molecule has 0 aliphatic heterocycles. The molecular weight excluding hydrogens is 158 g/mol. The Morgan fingerprint density at radius 3 is 2.62 bits per heavy atom. The molecule has 1 atom stereocenters. The van der Waals surface area contributed by atoms with Gasteiger partial charge in [-0.2, -0.15) is 0 Å². The molecular formula is C12H18N. The van der Waals surface area contributed by atoms with E-state index >= 15 is 0 Å². The summed E-state index contributed by atoms with van der Waals surface area (Å²) < 4.78 is 0. The fourth-order valence-electron chi connectivity index (χ4n) is 1.31. The first-order chi connectivity index (χ1) is 6.15. The van der Waals surface area contributed by atoms with Gasteiger partial charge in [-0.05, 0) is 45.5 Å². The molecule has 0 N–H and O–H groups in total. The van der Waals surface area contributed by atoms with Gasteiger partial charge in [0.2, 0.25) is 0 Å². The van der Waals surface area contributed by atoms with Crippen LogP contribution in [0.1, 0.15) is 24.1 Å². The van der Waals surface area contributed by atoms with Gasteiger partial charge in [-0.25, -0.2) is 0 Å². The van der Waals surface area contributed by atoms with E-state index in [0.717, 1.165) is 6.42 Å². The lowest BCUT2D eigenvalue weighted by molar-refractivity contribution is 0.321. The minimum absolute atomic E-state index is 0.478. The second-order valence-electron chi connectivity index (χ2n) is 3.63. The van der Waals surface area contributed by atoms with Crippen molar-refractivity contribution in [2.24, 2.45) is 0 Å². The summed E-state index contributed by atoms with van der Waals surface area (Å²) in [6.45, 7) is 6.10. The van der Waals surface area contributed by atoms with Crippen molar-refractivity contribution >= 4 is 0 Å². The van der Waals surface area contributed by atoms with E-state index in [-0.39, 0.29) is 0 Å². The van der Waals surface area contributed by atoms with Crippen molar-refractivity contribution in [3.8, 4) is 0 Å². The van der Waals surface area contributed by atoms with Crippen molar-refractivity contribution in [3.63, 3.8) is 0 Å². The van der Waals surface area contributed by atoms with E-state index in [2.05, 4.69) is 57.1 Å². The third-order valence-electron chi connectivity index (χ3n) is 2.50. The van der Waals surface area contributed by atoms with Crippen molar-refractivity contribution in [2.45, 2.75) is 19.4 Å². The predicted octanol–water partition coefficient (Wildman–Crippen LogP) is 2.69. The van der Waals surface area contributed by atoms with E-state index in [1.165, 1.54) is 11.1 Å². The largest absolute Gasteiger partial charge is 0.303 e. The third kappa shape index (κ3) is 2.56. The van der Waals surface area contributed by atoms with Crippen molar-refractivity contribution in [1.29, 1.82) is 0 Å². The molecule has 0 amide bonds. The van der Waals surface area contributed by atoms with Gasteiger partial charge >= 0.3 is 0 Å². The second kappa shape index (κ2) is 4.43. The molecule has 1 aromatic carbocycles. The quantitative estimate of drug-likeness (QED) is 0.684. The van der Waals surface area contributed by atoms with Gasteiger partial charge in [0.05, 0.1) is 0 Å². The Balaban J connectivity index is 2.88. The van der Waals surface area contributed by atoms with Crippen molar-refractivity contribution in [1.82, 2.24) is 4.90 Å². The standard InChI is InChI=1S/C12H18N/c1-5-11-7-6-8-12(9-11)10(2)13(3)4/h6-10H,1,5H2,2-4H3/t10-/m0/s1. The lowest BCUT2D eigenvalue weighted by Crippen LogP contribution is -2.16. The molecule has 0 fully saturated rings. The van der Waals surface area contributed by atoms with Crippen LogP contribution in [-0.4, -0.2) is 19.0 Å². The summed E-state index contributed by atoms with van der Waals surface area (Å²) in [5.41, 5.74) is 2.68. The molecule has 0 unspecified atom stereocenters. The Hall–Kier alpha value is -0.820. The zero-order valence-electron chi connectivity index (χ0n) is 8.75. The van der Waals surface area contributed by atoms with E-state index in [1.807, 2.05) is 0 Å². The molecule has 71 valence electrons. The molecule has 13 heavy (non-hydrogen) atoms. The maximum Gasteiger partial charge on any atom is 0.0313 e. The highest BCUT2D eigenvalue weighted by molar-refractivity contribution is 5.26. The van der Waals surface area contributed by atoms with Crippen LogP contribution in [0.25, 0.3) is 0 Å². The monoisotopic (exact) mass is 176 g/mol. The molecule has 1 aromatic rings. The molecule has 0 aliphatic rings. The first-order valence-corrected chi connectivity index (χ1v) is 4.69. The lowest BCUT2D eigenvalue weighted by Gasteiger charge is -2.20. The van der Waals surface area contributed by atoms with Gasteiger partial charge < -0.3 is 4.90 Å². The fraction of sp³-hybridized carbons (Fsp3) is 0.417. The maximum absolute atomic E-state index is 3.89. The molecule has 0 aromatic heterocycles. The summed E-state index contributed by atoms with van der Waals surface area (Å²) in [6.07, 6.45) is 0.869. The summed E-state index contributed by atoms with van der Waals surface area (Å²) in [6, 6.07) is 9.11. The highest BCUT2D eigenvalue weighted by Crippen LogP contribution is 2.18. The average Bonchev–Trinajstić information content (AvgIpc) is 2.16. The van der Waals surface area contributed by atoms with E-state index < -0.39 is 0 Å². The molecule has 1 rings (SSSR count). The van der Waals surface area contributed by atoms with Crippen LogP contribution in [0.15, 0.2) is 24.3 Å². The first kappa shape index (κ1) is 10.3. The van der Waals surface area contributed by atoms with Crippen LogP contribution in [0, 0.1) is 6.92 Å². The van der Waals surface area contributed by atoms with Gasteiger partial charge in [-0.3, -0.25) is 0 Å². The molecule has 0 spiro atoms. The zero-order valence-corrected chi connectivity index (χ0v) is 8.75. The Morgan fingerprint density at radius 1 is 1.38 bits per heavy atom. The van der Waals surface area contributed by atoms with Crippen LogP contribution in [-0.2, 0) is 6.42 Å². The van der Waals surface area contributed by atoms with E-state index in [4.69, 9.17) is 0 Å². The Bertz CT molecular complexity index is 266. The average molecular weight is 176 g/mol. The van der Waals surface area contributed by atoms with Crippen LogP contribution in [0.4, 0.5) is 0 Å². The first-order valence-electron chi connectivity index (χ1n) is 4.69. The molecule has 1 heteroatoms. The zero-order chi connectivity index (χ0) is 9.84. The summed E-state index contributed by atoms with van der Waals surface area (Å²) in [5, 5.41) is 0. The van der Waals surface area contributed by atoms with Crippen LogP contribution in [0.2, 0.25) is 0 Å². The minimum atomic E-state index is 0.478. The summed E-state index contributed by atoms with van der Waals surface area (Å²) >= 11 is 0. The third-order valence-corrected chi connectivity index (χ3v) is 2.50. The highest BCUT2D eigenvalue weighted by atomic mass is 15.1. The van der Waals surface area contributed by atoms with E-state index in [0.29, 0.717) is 6.04 Å². The number of hydrogen-bond donors (Lipinski definition) is 0. The molecule has 1 nitrogen and oxygen atoms in total. The van der Waals surface area contributed by atoms with Crippen molar-refractivity contribution in [2.75, 3.05) is 14.1 Å². The molecule has 1 radical (unpaired) electrons. The molecule has 0 saturated heterocycles. The van der Waals surface area contributed by atoms with Crippen molar-refractivity contribution in [3.05, 3.63) is 42.3 Å². The van der Waals surface area contributed by atoms with Crippen LogP contribution < -0.4 is 0 Å². The summed E-state index contributed by atoms with van der Waals surface area (Å²) in [5.74, 6) is 0. The summed E-state index contributed by atoms with van der Waals surface area (Å²) in [4.78, 5) is 2.21. The van der Waals surface area contributed by atoms with Crippen LogP contribution >= 0.6 is 0 Å². The Kier molecular flexibility index (Phi) is 3.49. The lowest BCUT2D eigenvalue weighted by atomic mass is 10.0. The predicted molar refractivity (Wildman–Crippen MR) is 57.6 cm³/mol.